The Bertz CT molecular complexity index is 439. The zero-order valence-corrected chi connectivity index (χ0v) is 11.7. The van der Waals surface area contributed by atoms with E-state index in [9.17, 15) is 4.79 Å². The number of aromatic nitrogens is 1. The maximum Gasteiger partial charge on any atom is 0.311 e. The van der Waals surface area contributed by atoms with E-state index in [0.29, 0.717) is 18.8 Å². The van der Waals surface area contributed by atoms with E-state index >= 15 is 0 Å². The molecule has 1 rings (SSSR count). The Balaban J connectivity index is 2.57. The molecule has 0 N–H and O–H groups in total. The molecule has 0 fully saturated rings. The van der Waals surface area contributed by atoms with E-state index in [2.05, 4.69) is 11.1 Å². The fourth-order valence-corrected chi connectivity index (χ4v) is 2.24. The van der Waals surface area contributed by atoms with Crippen LogP contribution >= 0.6 is 11.3 Å². The number of nitrogens with zero attached hydrogens (tertiary/aromatic N) is 3. The van der Waals surface area contributed by atoms with Gasteiger partial charge in [0.2, 0.25) is 0 Å². The Morgan fingerprint density at radius 1 is 1.72 bits per heavy atom. The summed E-state index contributed by atoms with van der Waals surface area (Å²) in [6, 6.07) is 2.18. The topological polar surface area (TPSA) is 66.2 Å². The molecule has 6 heteroatoms. The summed E-state index contributed by atoms with van der Waals surface area (Å²) >= 11 is 1.47. The summed E-state index contributed by atoms with van der Waals surface area (Å²) in [5, 5.41) is 11.4. The van der Waals surface area contributed by atoms with Gasteiger partial charge in [0.1, 0.15) is 0 Å². The Morgan fingerprint density at radius 2 is 2.44 bits per heavy atom. The molecule has 1 unspecified atom stereocenters. The predicted octanol–water partition coefficient (Wildman–Crippen LogP) is 1.84. The van der Waals surface area contributed by atoms with Gasteiger partial charge in [0, 0.05) is 19.0 Å². The van der Waals surface area contributed by atoms with Crippen molar-refractivity contribution in [1.82, 2.24) is 4.98 Å². The van der Waals surface area contributed by atoms with Crippen LogP contribution in [0.1, 0.15) is 19.5 Å². The highest BCUT2D eigenvalue weighted by molar-refractivity contribution is 7.13. The van der Waals surface area contributed by atoms with Gasteiger partial charge in [0.05, 0.1) is 30.7 Å². The Hall–Kier alpha value is -1.61. The lowest BCUT2D eigenvalue weighted by Crippen LogP contribution is -2.23. The van der Waals surface area contributed by atoms with Gasteiger partial charge < -0.3 is 9.64 Å². The fourth-order valence-electron chi connectivity index (χ4n) is 1.44. The first kappa shape index (κ1) is 14.5. The molecule has 18 heavy (non-hydrogen) atoms. The number of carbonyl (C=O) groups is 1. The molecule has 0 saturated heterocycles. The molecule has 1 aromatic heterocycles. The van der Waals surface area contributed by atoms with Crippen molar-refractivity contribution in [3.05, 3.63) is 11.1 Å². The van der Waals surface area contributed by atoms with Gasteiger partial charge in [0.15, 0.2) is 5.13 Å². The van der Waals surface area contributed by atoms with Crippen molar-refractivity contribution < 1.29 is 9.53 Å². The maximum atomic E-state index is 11.3. The molecule has 0 spiro atoms. The molecule has 0 aliphatic rings. The van der Waals surface area contributed by atoms with Crippen LogP contribution in [-0.2, 0) is 16.0 Å². The van der Waals surface area contributed by atoms with Gasteiger partial charge in [-0.05, 0) is 13.8 Å². The summed E-state index contributed by atoms with van der Waals surface area (Å²) in [6.07, 6.45) is 0.200. The molecule has 0 aromatic carbocycles. The van der Waals surface area contributed by atoms with E-state index in [0.717, 1.165) is 5.13 Å². The van der Waals surface area contributed by atoms with Crippen molar-refractivity contribution in [2.45, 2.75) is 20.3 Å². The smallest absolute Gasteiger partial charge is 0.311 e. The van der Waals surface area contributed by atoms with Crippen LogP contribution in [-0.4, -0.2) is 31.2 Å². The first-order valence-corrected chi connectivity index (χ1v) is 6.65. The minimum atomic E-state index is -0.262. The second kappa shape index (κ2) is 6.97. The van der Waals surface area contributed by atoms with E-state index < -0.39 is 0 Å². The third-order valence-corrected chi connectivity index (χ3v) is 3.27. The number of esters is 1. The number of ether oxygens (including phenoxy) is 1. The number of hydrogen-bond acceptors (Lipinski definition) is 6. The molecule has 98 valence electrons. The average Bonchev–Trinajstić information content (AvgIpc) is 2.77. The molecular weight excluding hydrogens is 250 g/mol. The SMILES string of the molecule is CCOC(=O)Cc1csc(N(C)CC(C)C#N)n1. The zero-order chi connectivity index (χ0) is 13.5. The molecule has 0 aliphatic carbocycles. The molecule has 0 aliphatic heterocycles. The summed E-state index contributed by atoms with van der Waals surface area (Å²) in [4.78, 5) is 17.6. The molecule has 1 heterocycles. The fraction of sp³-hybridized carbons (Fsp3) is 0.583. The second-order valence-electron chi connectivity index (χ2n) is 4.01. The van der Waals surface area contributed by atoms with Crippen molar-refractivity contribution in [2.75, 3.05) is 25.1 Å². The van der Waals surface area contributed by atoms with Crippen LogP contribution in [0.2, 0.25) is 0 Å². The largest absolute Gasteiger partial charge is 0.466 e. The first-order valence-electron chi connectivity index (χ1n) is 5.77. The zero-order valence-electron chi connectivity index (χ0n) is 10.8. The van der Waals surface area contributed by atoms with E-state index in [1.165, 1.54) is 11.3 Å². The molecule has 0 radical (unpaired) electrons. The van der Waals surface area contributed by atoms with E-state index in [1.54, 1.807) is 6.92 Å². The molecule has 1 aromatic rings. The van der Waals surface area contributed by atoms with Gasteiger partial charge in [-0.15, -0.1) is 11.3 Å². The highest BCUT2D eigenvalue weighted by atomic mass is 32.1. The van der Waals surface area contributed by atoms with Crippen LogP contribution in [0.15, 0.2) is 5.38 Å². The number of hydrogen-bond donors (Lipinski definition) is 0. The highest BCUT2D eigenvalue weighted by Gasteiger charge is 2.12. The third-order valence-electron chi connectivity index (χ3n) is 2.27. The lowest BCUT2D eigenvalue weighted by atomic mass is 10.2. The summed E-state index contributed by atoms with van der Waals surface area (Å²) in [6.45, 7) is 4.66. The number of carbonyl (C=O) groups excluding carboxylic acids is 1. The van der Waals surface area contributed by atoms with Crippen molar-refractivity contribution in [3.8, 4) is 6.07 Å². The minimum absolute atomic E-state index is 0.0487. The van der Waals surface area contributed by atoms with E-state index in [1.807, 2.05) is 24.3 Å². The molecule has 0 saturated carbocycles. The van der Waals surface area contributed by atoms with Crippen LogP contribution in [0.25, 0.3) is 0 Å². The monoisotopic (exact) mass is 267 g/mol. The maximum absolute atomic E-state index is 11.3. The lowest BCUT2D eigenvalue weighted by molar-refractivity contribution is -0.142. The van der Waals surface area contributed by atoms with Gasteiger partial charge in [-0.3, -0.25) is 4.79 Å². The lowest BCUT2D eigenvalue weighted by Gasteiger charge is -2.16. The summed E-state index contributed by atoms with van der Waals surface area (Å²) < 4.78 is 4.87. The normalized spacial score (nSPS) is 11.7. The van der Waals surface area contributed by atoms with Crippen molar-refractivity contribution in [3.63, 3.8) is 0 Å². The molecule has 0 bridgehead atoms. The summed E-state index contributed by atoms with van der Waals surface area (Å²) in [5.74, 6) is -0.310. The van der Waals surface area contributed by atoms with Crippen molar-refractivity contribution in [2.24, 2.45) is 5.92 Å². The standard InChI is InChI=1S/C12H17N3O2S/c1-4-17-11(16)5-10-8-18-12(14-10)15(3)7-9(2)6-13/h8-9H,4-5,7H2,1-3H3. The number of rotatable bonds is 6. The van der Waals surface area contributed by atoms with E-state index in [4.69, 9.17) is 10.00 Å². The summed E-state index contributed by atoms with van der Waals surface area (Å²) in [7, 11) is 1.89. The van der Waals surface area contributed by atoms with Crippen LogP contribution in [0, 0.1) is 17.2 Å². The number of nitriles is 1. The molecule has 1 atom stereocenters. The predicted molar refractivity (Wildman–Crippen MR) is 70.5 cm³/mol. The van der Waals surface area contributed by atoms with Crippen LogP contribution in [0.4, 0.5) is 5.13 Å². The Kier molecular flexibility index (Phi) is 5.59. The highest BCUT2D eigenvalue weighted by Crippen LogP contribution is 2.20. The van der Waals surface area contributed by atoms with Gasteiger partial charge in [0.25, 0.3) is 0 Å². The summed E-state index contributed by atoms with van der Waals surface area (Å²) in [5.41, 5.74) is 0.713. The van der Waals surface area contributed by atoms with E-state index in [-0.39, 0.29) is 18.3 Å². The van der Waals surface area contributed by atoms with Gasteiger partial charge >= 0.3 is 5.97 Å². The van der Waals surface area contributed by atoms with Crippen LogP contribution < -0.4 is 4.90 Å². The van der Waals surface area contributed by atoms with Crippen LogP contribution in [0.3, 0.4) is 0 Å². The Labute approximate surface area is 111 Å². The quantitative estimate of drug-likeness (QED) is 0.736. The number of thiazole rings is 1. The van der Waals surface area contributed by atoms with Gasteiger partial charge in [-0.2, -0.15) is 5.26 Å². The second-order valence-corrected chi connectivity index (χ2v) is 4.85. The number of anilines is 1. The third kappa shape index (κ3) is 4.34. The molecule has 5 nitrogen and oxygen atoms in total. The Morgan fingerprint density at radius 3 is 3.06 bits per heavy atom. The first-order chi connectivity index (χ1) is 8.56. The average molecular weight is 267 g/mol. The molecular formula is C12H17N3O2S. The van der Waals surface area contributed by atoms with Crippen molar-refractivity contribution >= 4 is 22.4 Å². The van der Waals surface area contributed by atoms with Crippen LogP contribution in [0.5, 0.6) is 0 Å². The minimum Gasteiger partial charge on any atom is -0.466 e. The van der Waals surface area contributed by atoms with Gasteiger partial charge in [-0.25, -0.2) is 4.98 Å². The molecule has 0 amide bonds. The van der Waals surface area contributed by atoms with Crippen molar-refractivity contribution in [1.29, 1.82) is 5.26 Å². The van der Waals surface area contributed by atoms with Gasteiger partial charge in [-0.1, -0.05) is 0 Å².